The van der Waals surface area contributed by atoms with Crippen LogP contribution in [-0.4, -0.2) is 42.1 Å². The summed E-state index contributed by atoms with van der Waals surface area (Å²) in [6.07, 6.45) is 1.49. The van der Waals surface area contributed by atoms with Crippen molar-refractivity contribution in [2.75, 3.05) is 30.4 Å². The quantitative estimate of drug-likeness (QED) is 0.785. The summed E-state index contributed by atoms with van der Waals surface area (Å²) in [5.41, 5.74) is 0. The first-order valence-electron chi connectivity index (χ1n) is 6.09. The summed E-state index contributed by atoms with van der Waals surface area (Å²) in [5, 5.41) is 5.95. The van der Waals surface area contributed by atoms with Gasteiger partial charge in [0.1, 0.15) is 18.0 Å². The van der Waals surface area contributed by atoms with Gasteiger partial charge in [0.25, 0.3) is 0 Å². The Morgan fingerprint density at radius 1 is 1.44 bits per heavy atom. The van der Waals surface area contributed by atoms with Crippen LogP contribution in [0.15, 0.2) is 12.4 Å². The first-order chi connectivity index (χ1) is 8.52. The van der Waals surface area contributed by atoms with Crippen molar-refractivity contribution in [1.29, 1.82) is 0 Å². The van der Waals surface area contributed by atoms with Gasteiger partial charge in [-0.3, -0.25) is 4.79 Å². The van der Waals surface area contributed by atoms with E-state index in [1.54, 1.807) is 4.90 Å². The minimum Gasteiger partial charge on any atom is -0.370 e. The van der Waals surface area contributed by atoms with Crippen molar-refractivity contribution in [2.45, 2.75) is 26.8 Å². The zero-order chi connectivity index (χ0) is 13.5. The lowest BCUT2D eigenvalue weighted by atomic mass is 10.3. The van der Waals surface area contributed by atoms with E-state index in [1.807, 2.05) is 33.9 Å². The number of carbonyl (C=O) groups excluding carboxylic acids is 1. The predicted molar refractivity (Wildman–Crippen MR) is 72.7 cm³/mol. The van der Waals surface area contributed by atoms with E-state index in [0.29, 0.717) is 0 Å². The van der Waals surface area contributed by atoms with Crippen molar-refractivity contribution in [2.24, 2.45) is 0 Å². The van der Waals surface area contributed by atoms with E-state index < -0.39 is 0 Å². The van der Waals surface area contributed by atoms with Gasteiger partial charge in [-0.15, -0.1) is 0 Å². The maximum absolute atomic E-state index is 11.6. The molecule has 6 nitrogen and oxygen atoms in total. The van der Waals surface area contributed by atoms with Gasteiger partial charge in [-0.1, -0.05) is 0 Å². The first kappa shape index (κ1) is 14.2. The number of hydrogen-bond acceptors (Lipinski definition) is 5. The Labute approximate surface area is 108 Å². The molecule has 1 rings (SSSR count). The van der Waals surface area contributed by atoms with Crippen LogP contribution < -0.4 is 15.5 Å². The largest absolute Gasteiger partial charge is 0.370 e. The van der Waals surface area contributed by atoms with Crippen LogP contribution in [-0.2, 0) is 4.79 Å². The molecule has 0 aromatic carbocycles. The summed E-state index contributed by atoms with van der Waals surface area (Å²) in [7, 11) is 1.83. The van der Waals surface area contributed by atoms with Crippen LogP contribution >= 0.6 is 0 Å². The molecular weight excluding hydrogens is 230 g/mol. The highest BCUT2D eigenvalue weighted by Gasteiger charge is 2.10. The summed E-state index contributed by atoms with van der Waals surface area (Å²) in [6.45, 7) is 6.95. The summed E-state index contributed by atoms with van der Waals surface area (Å²) >= 11 is 0. The van der Waals surface area contributed by atoms with Crippen molar-refractivity contribution >= 4 is 17.5 Å². The van der Waals surface area contributed by atoms with Crippen LogP contribution in [0.25, 0.3) is 0 Å². The van der Waals surface area contributed by atoms with E-state index in [9.17, 15) is 4.79 Å². The molecule has 0 fully saturated rings. The Balaban J connectivity index is 2.63. The van der Waals surface area contributed by atoms with Gasteiger partial charge in [-0.25, -0.2) is 9.97 Å². The Kier molecular flexibility index (Phi) is 5.35. The van der Waals surface area contributed by atoms with Crippen molar-refractivity contribution in [1.82, 2.24) is 15.3 Å². The maximum Gasteiger partial charge on any atom is 0.239 e. The van der Waals surface area contributed by atoms with Crippen molar-refractivity contribution in [3.63, 3.8) is 0 Å². The van der Waals surface area contributed by atoms with Crippen molar-refractivity contribution in [3.8, 4) is 0 Å². The highest BCUT2D eigenvalue weighted by atomic mass is 16.2. The van der Waals surface area contributed by atoms with Gasteiger partial charge in [0, 0.05) is 25.7 Å². The van der Waals surface area contributed by atoms with Crippen LogP contribution in [0.1, 0.15) is 20.8 Å². The van der Waals surface area contributed by atoms with Crippen LogP contribution in [0.2, 0.25) is 0 Å². The average Bonchev–Trinajstić information content (AvgIpc) is 2.28. The van der Waals surface area contributed by atoms with E-state index >= 15 is 0 Å². The summed E-state index contributed by atoms with van der Waals surface area (Å²) in [5.74, 6) is 1.47. The number of amides is 1. The predicted octanol–water partition coefficient (Wildman–Crippen LogP) is 0.869. The third kappa shape index (κ3) is 4.57. The van der Waals surface area contributed by atoms with Gasteiger partial charge in [-0.05, 0) is 20.8 Å². The molecule has 0 bridgehead atoms. The third-order valence-corrected chi connectivity index (χ3v) is 2.23. The third-order valence-electron chi connectivity index (χ3n) is 2.23. The molecule has 0 aliphatic carbocycles. The number of carbonyl (C=O) groups is 1. The fourth-order valence-electron chi connectivity index (χ4n) is 1.50. The number of nitrogens with one attached hydrogen (secondary N) is 2. The lowest BCUT2D eigenvalue weighted by Gasteiger charge is -2.19. The monoisotopic (exact) mass is 251 g/mol. The number of anilines is 2. The second-order valence-corrected chi connectivity index (χ2v) is 4.37. The molecule has 1 aromatic heterocycles. The fourth-order valence-corrected chi connectivity index (χ4v) is 1.50. The molecule has 0 saturated carbocycles. The molecule has 6 heteroatoms. The highest BCUT2D eigenvalue weighted by molar-refractivity contribution is 5.81. The Hall–Kier alpha value is -1.85. The van der Waals surface area contributed by atoms with Crippen molar-refractivity contribution in [3.05, 3.63) is 12.4 Å². The van der Waals surface area contributed by atoms with Crippen LogP contribution in [0.5, 0.6) is 0 Å². The lowest BCUT2D eigenvalue weighted by Crippen LogP contribution is -2.38. The van der Waals surface area contributed by atoms with E-state index in [-0.39, 0.29) is 18.5 Å². The average molecular weight is 251 g/mol. The SMILES string of the molecule is CCNc1cc(N(C)CC(=O)NC(C)C)ncn1. The summed E-state index contributed by atoms with van der Waals surface area (Å²) < 4.78 is 0. The molecule has 0 aliphatic rings. The molecule has 0 unspecified atom stereocenters. The first-order valence-corrected chi connectivity index (χ1v) is 6.09. The van der Waals surface area contributed by atoms with E-state index in [2.05, 4.69) is 20.6 Å². The standard InChI is InChI=1S/C12H21N5O/c1-5-13-10-6-11(15-8-14-10)17(4)7-12(18)16-9(2)3/h6,8-9H,5,7H2,1-4H3,(H,16,18)(H,13,14,15). The van der Waals surface area contributed by atoms with Gasteiger partial charge in [0.2, 0.25) is 5.91 Å². The lowest BCUT2D eigenvalue weighted by molar-refractivity contribution is -0.120. The van der Waals surface area contributed by atoms with Crippen LogP contribution in [0.4, 0.5) is 11.6 Å². The minimum atomic E-state index is -0.0175. The van der Waals surface area contributed by atoms with E-state index in [1.165, 1.54) is 6.33 Å². The molecule has 1 aromatic rings. The second kappa shape index (κ2) is 6.78. The second-order valence-electron chi connectivity index (χ2n) is 4.37. The summed E-state index contributed by atoms with van der Waals surface area (Å²) in [4.78, 5) is 21.7. The molecule has 100 valence electrons. The molecule has 1 heterocycles. The molecular formula is C12H21N5O. The topological polar surface area (TPSA) is 70.2 Å². The highest BCUT2D eigenvalue weighted by Crippen LogP contribution is 2.11. The van der Waals surface area contributed by atoms with Gasteiger partial charge in [-0.2, -0.15) is 0 Å². The molecule has 0 aliphatic heterocycles. The van der Waals surface area contributed by atoms with Crippen LogP contribution in [0, 0.1) is 0 Å². The smallest absolute Gasteiger partial charge is 0.239 e. The van der Waals surface area contributed by atoms with Gasteiger partial charge < -0.3 is 15.5 Å². The number of likely N-dealkylation sites (N-methyl/N-ethyl adjacent to an activating group) is 1. The number of hydrogen-bond donors (Lipinski definition) is 2. The zero-order valence-corrected chi connectivity index (χ0v) is 11.4. The molecule has 0 atom stereocenters. The van der Waals surface area contributed by atoms with Gasteiger partial charge >= 0.3 is 0 Å². The summed E-state index contributed by atoms with van der Waals surface area (Å²) in [6, 6.07) is 1.97. The molecule has 18 heavy (non-hydrogen) atoms. The van der Waals surface area contributed by atoms with E-state index in [4.69, 9.17) is 0 Å². The Morgan fingerprint density at radius 2 is 2.17 bits per heavy atom. The zero-order valence-electron chi connectivity index (χ0n) is 11.4. The number of rotatable bonds is 6. The number of aromatic nitrogens is 2. The number of nitrogens with zero attached hydrogens (tertiary/aromatic N) is 3. The molecule has 0 saturated heterocycles. The normalized spacial score (nSPS) is 10.3. The molecule has 0 spiro atoms. The van der Waals surface area contributed by atoms with Gasteiger partial charge in [0.05, 0.1) is 6.54 Å². The van der Waals surface area contributed by atoms with Crippen molar-refractivity contribution < 1.29 is 4.79 Å². The minimum absolute atomic E-state index is 0.0175. The van der Waals surface area contributed by atoms with Gasteiger partial charge in [0.15, 0.2) is 0 Å². The Bertz CT molecular complexity index is 394. The maximum atomic E-state index is 11.6. The fraction of sp³-hybridized carbons (Fsp3) is 0.583. The Morgan fingerprint density at radius 3 is 2.78 bits per heavy atom. The molecule has 0 radical (unpaired) electrons. The molecule has 1 amide bonds. The van der Waals surface area contributed by atoms with E-state index in [0.717, 1.165) is 18.2 Å². The van der Waals surface area contributed by atoms with Crippen LogP contribution in [0.3, 0.4) is 0 Å². The molecule has 2 N–H and O–H groups in total.